The maximum absolute atomic E-state index is 11.9. The molecule has 94 valence electrons. The molecule has 0 aliphatic carbocycles. The van der Waals surface area contributed by atoms with Gasteiger partial charge < -0.3 is 14.6 Å². The molecule has 0 saturated heterocycles. The zero-order chi connectivity index (χ0) is 13.0. The molecule has 0 fully saturated rings. The average Bonchev–Trinajstić information content (AvgIpc) is 2.35. The van der Waals surface area contributed by atoms with Crippen LogP contribution in [-0.4, -0.2) is 41.2 Å². The zero-order valence-corrected chi connectivity index (χ0v) is 10.3. The lowest BCUT2D eigenvalue weighted by molar-refractivity contribution is 0.0638. The maximum Gasteiger partial charge on any atom is 0.246 e. The molecule has 0 saturated carbocycles. The van der Waals surface area contributed by atoms with Gasteiger partial charge in [0.15, 0.2) is 5.69 Å². The minimum absolute atomic E-state index is 0.00880. The molecule has 0 aromatic carbocycles. The topological polar surface area (TPSA) is 81.5 Å². The third-order valence-electron chi connectivity index (χ3n) is 2.25. The van der Waals surface area contributed by atoms with E-state index in [9.17, 15) is 9.90 Å². The van der Waals surface area contributed by atoms with E-state index in [1.165, 1.54) is 20.4 Å². The molecule has 1 rings (SSSR count). The third kappa shape index (κ3) is 2.91. The molecule has 1 N–H and O–H groups in total. The number of aromatic nitrogens is 2. The van der Waals surface area contributed by atoms with E-state index in [-0.39, 0.29) is 23.4 Å². The van der Waals surface area contributed by atoms with Crippen LogP contribution in [0.4, 0.5) is 0 Å². The zero-order valence-electron chi connectivity index (χ0n) is 10.3. The summed E-state index contributed by atoms with van der Waals surface area (Å²) >= 11 is 0. The van der Waals surface area contributed by atoms with Crippen molar-refractivity contribution in [3.8, 4) is 11.8 Å². The molecule has 1 atom stereocenters. The summed E-state index contributed by atoms with van der Waals surface area (Å²) in [4.78, 5) is 19.7. The fourth-order valence-corrected chi connectivity index (χ4v) is 1.21. The Balaban J connectivity index is 3.09. The van der Waals surface area contributed by atoms with Crippen molar-refractivity contribution in [1.82, 2.24) is 9.97 Å². The molecule has 1 aromatic rings. The number of aliphatic hydroxyl groups is 1. The quantitative estimate of drug-likeness (QED) is 0.763. The van der Waals surface area contributed by atoms with Gasteiger partial charge in [0.25, 0.3) is 0 Å². The molecule has 0 aliphatic heterocycles. The molecule has 17 heavy (non-hydrogen) atoms. The normalized spacial score (nSPS) is 12.4. The van der Waals surface area contributed by atoms with Crippen LogP contribution in [0.15, 0.2) is 6.20 Å². The van der Waals surface area contributed by atoms with Crippen molar-refractivity contribution in [2.24, 2.45) is 5.92 Å². The number of carbonyl (C=O) groups excluding carboxylic acids is 1. The van der Waals surface area contributed by atoms with E-state index in [2.05, 4.69) is 9.97 Å². The fraction of sp³-hybridized carbons (Fsp3) is 0.545. The van der Waals surface area contributed by atoms with Gasteiger partial charge in [-0.2, -0.15) is 4.98 Å². The molecular weight excluding hydrogens is 224 g/mol. The minimum atomic E-state index is -1.12. The second kappa shape index (κ2) is 5.58. The van der Waals surface area contributed by atoms with E-state index in [1.54, 1.807) is 13.8 Å². The highest BCUT2D eigenvalue weighted by molar-refractivity contribution is 5.99. The SMILES string of the molecule is COc1cnc(C(=O)C(O)C(C)C)c(OC)n1. The first-order valence-corrected chi connectivity index (χ1v) is 5.18. The van der Waals surface area contributed by atoms with Gasteiger partial charge in [0, 0.05) is 0 Å². The minimum Gasteiger partial charge on any atom is -0.480 e. The van der Waals surface area contributed by atoms with Crippen molar-refractivity contribution in [2.75, 3.05) is 14.2 Å². The number of hydrogen-bond acceptors (Lipinski definition) is 6. The van der Waals surface area contributed by atoms with Gasteiger partial charge in [-0.25, -0.2) is 4.98 Å². The molecule has 0 radical (unpaired) electrons. The Kier molecular flexibility index (Phi) is 4.39. The first kappa shape index (κ1) is 13.4. The number of ether oxygens (including phenoxy) is 2. The predicted octanol–water partition coefficient (Wildman–Crippen LogP) is 0.693. The number of nitrogens with zero attached hydrogens (tertiary/aromatic N) is 2. The van der Waals surface area contributed by atoms with Crippen LogP contribution in [-0.2, 0) is 0 Å². The van der Waals surface area contributed by atoms with E-state index in [1.807, 2.05) is 0 Å². The fourth-order valence-electron chi connectivity index (χ4n) is 1.21. The smallest absolute Gasteiger partial charge is 0.246 e. The van der Waals surface area contributed by atoms with Crippen molar-refractivity contribution in [3.63, 3.8) is 0 Å². The first-order chi connectivity index (χ1) is 8.01. The second-order valence-electron chi connectivity index (χ2n) is 3.82. The number of ketones is 1. The van der Waals surface area contributed by atoms with Crippen LogP contribution in [0.1, 0.15) is 24.3 Å². The van der Waals surface area contributed by atoms with Crippen molar-refractivity contribution in [2.45, 2.75) is 20.0 Å². The van der Waals surface area contributed by atoms with Crippen molar-refractivity contribution in [1.29, 1.82) is 0 Å². The molecule has 1 unspecified atom stereocenters. The highest BCUT2D eigenvalue weighted by Crippen LogP contribution is 2.19. The standard InChI is InChI=1S/C11H16N2O4/c1-6(2)9(14)10(15)8-11(17-4)13-7(16-3)5-12-8/h5-6,9,14H,1-4H3. The average molecular weight is 240 g/mol. The molecule has 0 aliphatic rings. The molecule has 6 nitrogen and oxygen atoms in total. The Morgan fingerprint density at radius 3 is 2.47 bits per heavy atom. The molecule has 1 heterocycles. The molecule has 0 amide bonds. The summed E-state index contributed by atoms with van der Waals surface area (Å²) in [5.41, 5.74) is 0.00880. The van der Waals surface area contributed by atoms with Gasteiger partial charge >= 0.3 is 0 Å². The third-order valence-corrected chi connectivity index (χ3v) is 2.25. The number of carbonyl (C=O) groups is 1. The van der Waals surface area contributed by atoms with E-state index in [0.29, 0.717) is 0 Å². The van der Waals surface area contributed by atoms with E-state index in [0.717, 1.165) is 0 Å². The van der Waals surface area contributed by atoms with Crippen LogP contribution in [0.2, 0.25) is 0 Å². The summed E-state index contributed by atoms with van der Waals surface area (Å²) in [6, 6.07) is 0. The largest absolute Gasteiger partial charge is 0.480 e. The van der Waals surface area contributed by atoms with Crippen LogP contribution in [0.25, 0.3) is 0 Å². The molecular formula is C11H16N2O4. The molecule has 6 heteroatoms. The predicted molar refractivity (Wildman–Crippen MR) is 60.3 cm³/mol. The van der Waals surface area contributed by atoms with Gasteiger partial charge in [0.05, 0.1) is 20.4 Å². The number of methoxy groups -OCH3 is 2. The molecule has 0 bridgehead atoms. The summed E-state index contributed by atoms with van der Waals surface area (Å²) in [7, 11) is 2.82. The summed E-state index contributed by atoms with van der Waals surface area (Å²) in [6.45, 7) is 3.48. The summed E-state index contributed by atoms with van der Waals surface area (Å²) in [5, 5.41) is 9.69. The molecule has 1 aromatic heterocycles. The van der Waals surface area contributed by atoms with Gasteiger partial charge in [-0.3, -0.25) is 4.79 Å². The maximum atomic E-state index is 11.9. The van der Waals surface area contributed by atoms with Crippen molar-refractivity contribution < 1.29 is 19.4 Å². The monoisotopic (exact) mass is 240 g/mol. The van der Waals surface area contributed by atoms with Gasteiger partial charge in [-0.1, -0.05) is 13.8 Å². The van der Waals surface area contributed by atoms with Gasteiger partial charge in [-0.15, -0.1) is 0 Å². The Hall–Kier alpha value is -1.69. The van der Waals surface area contributed by atoms with Gasteiger partial charge in [0.2, 0.25) is 17.5 Å². The van der Waals surface area contributed by atoms with Crippen LogP contribution < -0.4 is 9.47 Å². The van der Waals surface area contributed by atoms with Gasteiger partial charge in [0.1, 0.15) is 6.10 Å². The summed E-state index contributed by atoms with van der Waals surface area (Å²) in [6.07, 6.45) is 0.189. The van der Waals surface area contributed by atoms with E-state index < -0.39 is 11.9 Å². The Morgan fingerprint density at radius 2 is 2.00 bits per heavy atom. The Labute approximate surface area is 99.6 Å². The highest BCUT2D eigenvalue weighted by Gasteiger charge is 2.26. The van der Waals surface area contributed by atoms with Crippen LogP contribution in [0.3, 0.4) is 0 Å². The summed E-state index contributed by atoms with van der Waals surface area (Å²) in [5.74, 6) is -0.408. The lowest BCUT2D eigenvalue weighted by Crippen LogP contribution is -2.27. The van der Waals surface area contributed by atoms with Crippen LogP contribution >= 0.6 is 0 Å². The van der Waals surface area contributed by atoms with E-state index in [4.69, 9.17) is 9.47 Å². The van der Waals surface area contributed by atoms with Crippen LogP contribution in [0.5, 0.6) is 11.8 Å². The second-order valence-corrected chi connectivity index (χ2v) is 3.82. The highest BCUT2D eigenvalue weighted by atomic mass is 16.5. The summed E-state index contributed by atoms with van der Waals surface area (Å²) < 4.78 is 9.83. The lowest BCUT2D eigenvalue weighted by Gasteiger charge is -2.14. The number of hydrogen-bond donors (Lipinski definition) is 1. The van der Waals surface area contributed by atoms with E-state index >= 15 is 0 Å². The number of aliphatic hydroxyl groups excluding tert-OH is 1. The lowest BCUT2D eigenvalue weighted by atomic mass is 10.0. The van der Waals surface area contributed by atoms with Gasteiger partial charge in [-0.05, 0) is 5.92 Å². The Bertz CT molecular complexity index is 406. The number of rotatable bonds is 5. The van der Waals surface area contributed by atoms with Crippen molar-refractivity contribution in [3.05, 3.63) is 11.9 Å². The van der Waals surface area contributed by atoms with Crippen molar-refractivity contribution >= 4 is 5.78 Å². The van der Waals surface area contributed by atoms with Crippen LogP contribution in [0, 0.1) is 5.92 Å². The molecule has 0 spiro atoms. The Morgan fingerprint density at radius 1 is 1.35 bits per heavy atom. The first-order valence-electron chi connectivity index (χ1n) is 5.18. The number of Topliss-reactive ketones (excluding diaryl/α,β-unsaturated/α-hetero) is 1.